The van der Waals surface area contributed by atoms with Crippen LogP contribution in [0.5, 0.6) is 0 Å². The molecule has 5 nitrogen and oxygen atoms in total. The number of hydrogen-bond donors (Lipinski definition) is 1. The quantitative estimate of drug-likeness (QED) is 0.614. The molecule has 1 aliphatic rings. The van der Waals surface area contributed by atoms with Gasteiger partial charge in [-0.15, -0.1) is 6.58 Å². The van der Waals surface area contributed by atoms with E-state index in [1.54, 1.807) is 6.08 Å². The molecule has 132 valence electrons. The van der Waals surface area contributed by atoms with E-state index in [0.29, 0.717) is 32.7 Å². The van der Waals surface area contributed by atoms with Gasteiger partial charge >= 0.3 is 0 Å². The summed E-state index contributed by atoms with van der Waals surface area (Å²) in [7, 11) is 0. The van der Waals surface area contributed by atoms with Crippen LogP contribution in [0.4, 0.5) is 5.69 Å². The van der Waals surface area contributed by atoms with Crippen LogP contribution in [0.25, 0.3) is 0 Å². The smallest absolute Gasteiger partial charge is 0.224 e. The van der Waals surface area contributed by atoms with Crippen molar-refractivity contribution in [3.63, 3.8) is 0 Å². The van der Waals surface area contributed by atoms with E-state index in [4.69, 9.17) is 4.74 Å². The van der Waals surface area contributed by atoms with Gasteiger partial charge in [0.2, 0.25) is 5.91 Å². The zero-order valence-electron chi connectivity index (χ0n) is 14.6. The zero-order valence-corrected chi connectivity index (χ0v) is 14.6. The summed E-state index contributed by atoms with van der Waals surface area (Å²) in [5.74, 6) is 0.155. The summed E-state index contributed by atoms with van der Waals surface area (Å²) >= 11 is 0. The Morgan fingerprint density at radius 2 is 2.12 bits per heavy atom. The van der Waals surface area contributed by atoms with Gasteiger partial charge in [0.1, 0.15) is 0 Å². The number of nitrogens with zero attached hydrogens (tertiary/aromatic N) is 2. The Kier molecular flexibility index (Phi) is 6.82. The largest absolute Gasteiger partial charge is 0.389 e. The number of β-amino-alcohol motifs (C(OH)–C–C–N with tert-alkyl or cyclic N) is 1. The molecular weight excluding hydrogens is 304 g/mol. The van der Waals surface area contributed by atoms with Crippen LogP contribution in [-0.2, 0) is 16.1 Å². The van der Waals surface area contributed by atoms with Crippen LogP contribution in [0.3, 0.4) is 0 Å². The van der Waals surface area contributed by atoms with E-state index in [2.05, 4.69) is 23.6 Å². The van der Waals surface area contributed by atoms with Crippen molar-refractivity contribution in [3.05, 3.63) is 42.5 Å². The van der Waals surface area contributed by atoms with Crippen LogP contribution < -0.4 is 4.90 Å². The molecule has 0 aromatic heterocycles. The zero-order chi connectivity index (χ0) is 17.5. The number of para-hydroxylation sites is 1. The number of aliphatic hydroxyl groups excluding tert-OH is 1. The van der Waals surface area contributed by atoms with Crippen molar-refractivity contribution in [2.24, 2.45) is 0 Å². The average molecular weight is 332 g/mol. The molecule has 0 radical (unpaired) electrons. The lowest BCUT2D eigenvalue weighted by atomic mass is 10.1. The van der Waals surface area contributed by atoms with Crippen molar-refractivity contribution >= 4 is 11.6 Å². The molecule has 1 atom stereocenters. The number of carbonyl (C=O) groups excluding carboxylic acids is 1. The molecule has 1 aromatic carbocycles. The molecule has 0 bridgehead atoms. The average Bonchev–Trinajstić information content (AvgIpc) is 2.55. The third-order valence-electron chi connectivity index (χ3n) is 4.19. The molecule has 1 heterocycles. The predicted molar refractivity (Wildman–Crippen MR) is 96.0 cm³/mol. The summed E-state index contributed by atoms with van der Waals surface area (Å²) in [6.07, 6.45) is 1.51. The lowest BCUT2D eigenvalue weighted by Crippen LogP contribution is -2.43. The van der Waals surface area contributed by atoms with Crippen molar-refractivity contribution < 1.29 is 14.6 Å². The third-order valence-corrected chi connectivity index (χ3v) is 4.19. The number of aliphatic hydroxyl groups is 1. The van der Waals surface area contributed by atoms with Gasteiger partial charge in [-0.3, -0.25) is 4.79 Å². The maximum Gasteiger partial charge on any atom is 0.224 e. The lowest BCUT2D eigenvalue weighted by Gasteiger charge is -2.35. The molecule has 0 saturated carbocycles. The topological polar surface area (TPSA) is 53.0 Å². The molecule has 2 rings (SSSR count). The van der Waals surface area contributed by atoms with Crippen LogP contribution >= 0.6 is 0 Å². The highest BCUT2D eigenvalue weighted by molar-refractivity contribution is 5.78. The monoisotopic (exact) mass is 332 g/mol. The Hall–Kier alpha value is -1.85. The van der Waals surface area contributed by atoms with Crippen molar-refractivity contribution in [1.82, 2.24) is 4.90 Å². The number of benzene rings is 1. The number of fused-ring (bicyclic) bond motifs is 1. The fourth-order valence-electron chi connectivity index (χ4n) is 2.97. The summed E-state index contributed by atoms with van der Waals surface area (Å²) in [6.45, 7) is 10.0. The molecule has 0 saturated heterocycles. The maximum absolute atomic E-state index is 12.5. The SMILES string of the molecule is C=CCOCC(O)CN1CCC(=O)N(C(C)C)Cc2ccccc21. The van der Waals surface area contributed by atoms with Gasteiger partial charge in [-0.2, -0.15) is 0 Å². The number of hydrogen-bond acceptors (Lipinski definition) is 4. The minimum Gasteiger partial charge on any atom is -0.389 e. The van der Waals surface area contributed by atoms with E-state index in [1.807, 2.05) is 30.9 Å². The normalized spacial score (nSPS) is 16.6. The summed E-state index contributed by atoms with van der Waals surface area (Å²) in [6, 6.07) is 8.27. The van der Waals surface area contributed by atoms with Crippen LogP contribution in [0.2, 0.25) is 0 Å². The first-order valence-corrected chi connectivity index (χ1v) is 8.52. The molecule has 1 amide bonds. The van der Waals surface area contributed by atoms with Gasteiger partial charge in [0.25, 0.3) is 0 Å². The molecule has 0 aliphatic carbocycles. The Bertz CT molecular complexity index is 559. The minimum atomic E-state index is -0.603. The standard InChI is InChI=1S/C19H28N2O3/c1-4-11-24-14-17(22)13-20-10-9-19(23)21(15(2)3)12-16-7-5-6-8-18(16)20/h4-8,15,17,22H,1,9-14H2,2-3H3. The predicted octanol–water partition coefficient (Wildman–Crippen LogP) is 2.20. The van der Waals surface area contributed by atoms with Gasteiger partial charge in [0, 0.05) is 37.8 Å². The number of ether oxygens (including phenoxy) is 1. The van der Waals surface area contributed by atoms with E-state index < -0.39 is 6.10 Å². The van der Waals surface area contributed by atoms with E-state index in [0.717, 1.165) is 11.3 Å². The Morgan fingerprint density at radius 1 is 1.38 bits per heavy atom. The van der Waals surface area contributed by atoms with Crippen molar-refractivity contribution in [1.29, 1.82) is 0 Å². The second-order valence-corrected chi connectivity index (χ2v) is 6.42. The molecule has 1 aliphatic heterocycles. The second-order valence-electron chi connectivity index (χ2n) is 6.42. The van der Waals surface area contributed by atoms with Crippen LogP contribution in [-0.4, -0.2) is 54.4 Å². The third kappa shape index (κ3) is 4.82. The van der Waals surface area contributed by atoms with Crippen LogP contribution in [0.15, 0.2) is 36.9 Å². The van der Waals surface area contributed by atoms with Gasteiger partial charge in [-0.1, -0.05) is 24.3 Å². The molecule has 1 aromatic rings. The Morgan fingerprint density at radius 3 is 2.83 bits per heavy atom. The number of carbonyl (C=O) groups is 1. The van der Waals surface area contributed by atoms with E-state index in [9.17, 15) is 9.90 Å². The van der Waals surface area contributed by atoms with Crippen LogP contribution in [0, 0.1) is 0 Å². The molecular formula is C19H28N2O3. The van der Waals surface area contributed by atoms with Crippen molar-refractivity contribution in [2.75, 3.05) is 31.2 Å². The summed E-state index contributed by atoms with van der Waals surface area (Å²) in [5.41, 5.74) is 2.19. The molecule has 1 unspecified atom stereocenters. The first kappa shape index (κ1) is 18.5. The summed E-state index contributed by atoms with van der Waals surface area (Å²) in [5, 5.41) is 10.2. The first-order valence-electron chi connectivity index (χ1n) is 8.52. The minimum absolute atomic E-state index is 0.155. The van der Waals surface area contributed by atoms with Gasteiger partial charge in [0.05, 0.1) is 19.3 Å². The molecule has 0 spiro atoms. The van der Waals surface area contributed by atoms with Gasteiger partial charge < -0.3 is 19.6 Å². The number of anilines is 1. The van der Waals surface area contributed by atoms with E-state index in [-0.39, 0.29) is 18.6 Å². The Labute approximate surface area is 144 Å². The number of rotatable bonds is 7. The van der Waals surface area contributed by atoms with Gasteiger partial charge in [-0.25, -0.2) is 0 Å². The lowest BCUT2D eigenvalue weighted by molar-refractivity contribution is -0.133. The fourth-order valence-corrected chi connectivity index (χ4v) is 2.97. The second kappa shape index (κ2) is 8.85. The molecule has 5 heteroatoms. The maximum atomic E-state index is 12.5. The summed E-state index contributed by atoms with van der Waals surface area (Å²) in [4.78, 5) is 16.5. The van der Waals surface area contributed by atoms with Gasteiger partial charge in [-0.05, 0) is 25.5 Å². The highest BCUT2D eigenvalue weighted by Gasteiger charge is 2.25. The first-order chi connectivity index (χ1) is 11.5. The summed E-state index contributed by atoms with van der Waals surface area (Å²) < 4.78 is 5.33. The number of amides is 1. The van der Waals surface area contributed by atoms with Gasteiger partial charge in [0.15, 0.2) is 0 Å². The highest BCUT2D eigenvalue weighted by Crippen LogP contribution is 2.26. The van der Waals surface area contributed by atoms with E-state index in [1.165, 1.54) is 0 Å². The van der Waals surface area contributed by atoms with Crippen molar-refractivity contribution in [2.45, 2.75) is 39.0 Å². The van der Waals surface area contributed by atoms with E-state index >= 15 is 0 Å². The Balaban J connectivity index is 2.16. The molecule has 24 heavy (non-hydrogen) atoms. The highest BCUT2D eigenvalue weighted by atomic mass is 16.5. The molecule has 1 N–H and O–H groups in total. The van der Waals surface area contributed by atoms with Crippen molar-refractivity contribution in [3.8, 4) is 0 Å². The molecule has 0 fully saturated rings. The van der Waals surface area contributed by atoms with Crippen LogP contribution in [0.1, 0.15) is 25.8 Å². The fraction of sp³-hybridized carbons (Fsp3) is 0.526.